The quantitative estimate of drug-likeness (QED) is 0.645. The first-order chi connectivity index (χ1) is 15.4. The number of nitrogens with one attached hydrogen (secondary N) is 1. The highest BCUT2D eigenvalue weighted by Crippen LogP contribution is 2.42. The van der Waals surface area contributed by atoms with Crippen LogP contribution in [0.25, 0.3) is 22.4 Å². The molecule has 1 amide bonds. The number of aliphatic imine (C=N–C) groups is 1. The number of carbonyl (C=O) groups is 1. The normalized spacial score (nSPS) is 17.1. The van der Waals surface area contributed by atoms with Gasteiger partial charge < -0.3 is 5.32 Å². The molecule has 3 aromatic rings. The molecule has 0 radical (unpaired) electrons. The van der Waals surface area contributed by atoms with Crippen molar-refractivity contribution in [3.63, 3.8) is 0 Å². The van der Waals surface area contributed by atoms with Gasteiger partial charge in [0.05, 0.1) is 17.1 Å². The predicted octanol–water partition coefficient (Wildman–Crippen LogP) is 4.76. The summed E-state index contributed by atoms with van der Waals surface area (Å²) in [5.74, 6) is -0.430. The van der Waals surface area contributed by atoms with Crippen LogP contribution in [0.15, 0.2) is 53.6 Å². The molecular formula is C23H16F3N5O. The minimum absolute atomic E-state index is 0.00697. The van der Waals surface area contributed by atoms with Crippen LogP contribution in [0.1, 0.15) is 41.1 Å². The minimum atomic E-state index is -4.62. The van der Waals surface area contributed by atoms with E-state index in [1.165, 1.54) is 10.6 Å². The van der Waals surface area contributed by atoms with Gasteiger partial charge >= 0.3 is 6.18 Å². The molecule has 0 unspecified atom stereocenters. The number of benzene rings is 1. The van der Waals surface area contributed by atoms with Crippen molar-refractivity contribution in [3.8, 4) is 5.69 Å². The zero-order valence-electron chi connectivity index (χ0n) is 16.6. The van der Waals surface area contributed by atoms with Gasteiger partial charge in [0.15, 0.2) is 5.65 Å². The summed E-state index contributed by atoms with van der Waals surface area (Å²) in [7, 11) is 0. The average molecular weight is 435 g/mol. The molecule has 0 bridgehead atoms. The van der Waals surface area contributed by atoms with E-state index in [1.807, 2.05) is 24.3 Å². The van der Waals surface area contributed by atoms with E-state index in [-0.39, 0.29) is 23.0 Å². The second kappa shape index (κ2) is 6.62. The average Bonchev–Trinajstić information content (AvgIpc) is 3.37. The Labute approximate surface area is 180 Å². The molecule has 2 aliphatic carbocycles. The number of fused-ring (bicyclic) bond motifs is 4. The Bertz CT molecular complexity index is 1390. The van der Waals surface area contributed by atoms with Gasteiger partial charge in [0, 0.05) is 23.6 Å². The van der Waals surface area contributed by atoms with Crippen molar-refractivity contribution in [1.29, 1.82) is 0 Å². The molecular weight excluding hydrogens is 419 g/mol. The lowest BCUT2D eigenvalue weighted by Crippen LogP contribution is -2.28. The number of rotatable bonds is 3. The fourth-order valence-corrected chi connectivity index (χ4v) is 4.09. The van der Waals surface area contributed by atoms with Crippen LogP contribution in [-0.2, 0) is 6.18 Å². The molecule has 160 valence electrons. The number of pyridine rings is 1. The third-order valence-corrected chi connectivity index (χ3v) is 5.72. The Morgan fingerprint density at radius 3 is 2.75 bits per heavy atom. The van der Waals surface area contributed by atoms with Crippen LogP contribution in [-0.4, -0.2) is 32.2 Å². The maximum Gasteiger partial charge on any atom is 0.433 e. The smallest absolute Gasteiger partial charge is 0.347 e. The first-order valence-corrected chi connectivity index (χ1v) is 10.3. The molecule has 0 saturated heterocycles. The Morgan fingerprint density at radius 1 is 1.12 bits per heavy atom. The number of hydrogen-bond donors (Lipinski definition) is 1. The Balaban J connectivity index is 1.62. The first-order valence-electron chi connectivity index (χ1n) is 10.3. The fraction of sp³-hybridized carbons (Fsp3) is 0.217. The molecule has 32 heavy (non-hydrogen) atoms. The zero-order valence-corrected chi connectivity index (χ0v) is 16.6. The van der Waals surface area contributed by atoms with E-state index in [9.17, 15) is 18.0 Å². The summed E-state index contributed by atoms with van der Waals surface area (Å²) in [5, 5.41) is 2.88. The zero-order chi connectivity index (χ0) is 22.0. The third kappa shape index (κ3) is 2.96. The Morgan fingerprint density at radius 2 is 1.97 bits per heavy atom. The van der Waals surface area contributed by atoms with E-state index in [4.69, 9.17) is 0 Å². The van der Waals surface area contributed by atoms with Crippen LogP contribution in [0, 0.1) is 0 Å². The van der Waals surface area contributed by atoms with Crippen LogP contribution in [0.2, 0.25) is 0 Å². The molecule has 1 aliphatic heterocycles. The molecule has 3 aliphatic rings. The van der Waals surface area contributed by atoms with Crippen molar-refractivity contribution in [2.24, 2.45) is 4.99 Å². The molecule has 0 spiro atoms. The van der Waals surface area contributed by atoms with Gasteiger partial charge in [-0.15, -0.1) is 0 Å². The van der Waals surface area contributed by atoms with Gasteiger partial charge in [-0.05, 0) is 37.1 Å². The molecule has 9 heteroatoms. The number of hydrogen-bond acceptors (Lipinski definition) is 4. The van der Waals surface area contributed by atoms with Crippen LogP contribution in [0.3, 0.4) is 0 Å². The summed E-state index contributed by atoms with van der Waals surface area (Å²) in [6, 6.07) is 7.58. The van der Waals surface area contributed by atoms with Gasteiger partial charge in [0.1, 0.15) is 11.2 Å². The number of nitrogens with zero attached hydrogens (tertiary/aromatic N) is 4. The van der Waals surface area contributed by atoms with Gasteiger partial charge in [-0.2, -0.15) is 13.2 Å². The molecule has 0 atom stereocenters. The lowest BCUT2D eigenvalue weighted by Gasteiger charge is -2.15. The number of allylic oxidation sites excluding steroid dienone is 4. The molecule has 6 nitrogen and oxygen atoms in total. The van der Waals surface area contributed by atoms with Crippen LogP contribution < -0.4 is 5.32 Å². The largest absolute Gasteiger partial charge is 0.433 e. The van der Waals surface area contributed by atoms with Crippen molar-refractivity contribution in [3.05, 3.63) is 65.6 Å². The van der Waals surface area contributed by atoms with Crippen molar-refractivity contribution in [2.45, 2.75) is 31.5 Å². The fourth-order valence-electron chi connectivity index (χ4n) is 4.09. The number of halogens is 3. The van der Waals surface area contributed by atoms with E-state index in [0.29, 0.717) is 17.8 Å². The summed E-state index contributed by atoms with van der Waals surface area (Å²) in [5.41, 5.74) is 2.92. The van der Waals surface area contributed by atoms with E-state index < -0.39 is 17.8 Å². The maximum absolute atomic E-state index is 13.4. The lowest BCUT2D eigenvalue weighted by molar-refractivity contribution is -0.141. The minimum Gasteiger partial charge on any atom is -0.347 e. The molecule has 1 fully saturated rings. The molecule has 1 aromatic carbocycles. The number of amides is 1. The van der Waals surface area contributed by atoms with Gasteiger partial charge in [-0.25, -0.2) is 9.97 Å². The standard InChI is InChI=1S/C23H16F3N5O/c24-23(25,26)18-11-10-16-20(30-18)31(21(29-16)22(32)27-12-8-9-12)17-7-3-6-15-19(17)13-4-1-2-5-14(13)28-15/h1-4,6-7,10-12H,5,8-9H2,(H,27,32). The van der Waals surface area contributed by atoms with Crippen LogP contribution >= 0.6 is 0 Å². The first kappa shape index (κ1) is 19.0. The summed E-state index contributed by atoms with van der Waals surface area (Å²) in [6.45, 7) is 0. The highest BCUT2D eigenvalue weighted by atomic mass is 19.4. The second-order valence-corrected chi connectivity index (χ2v) is 8.00. The predicted molar refractivity (Wildman–Crippen MR) is 113 cm³/mol. The summed E-state index contributed by atoms with van der Waals surface area (Å²) >= 11 is 0. The highest BCUT2D eigenvalue weighted by molar-refractivity contribution is 6.31. The van der Waals surface area contributed by atoms with E-state index >= 15 is 0 Å². The number of aromatic nitrogens is 3. The van der Waals surface area contributed by atoms with E-state index in [2.05, 4.69) is 20.3 Å². The van der Waals surface area contributed by atoms with Crippen LogP contribution in [0.5, 0.6) is 0 Å². The monoisotopic (exact) mass is 435 g/mol. The number of imidazole rings is 1. The van der Waals surface area contributed by atoms with E-state index in [1.54, 1.807) is 12.1 Å². The van der Waals surface area contributed by atoms with Crippen LogP contribution in [0.4, 0.5) is 18.9 Å². The highest BCUT2D eigenvalue weighted by Gasteiger charge is 2.35. The molecule has 1 N–H and O–H groups in total. The van der Waals surface area contributed by atoms with Gasteiger partial charge in [-0.1, -0.05) is 24.3 Å². The summed E-state index contributed by atoms with van der Waals surface area (Å²) in [6.07, 6.45) is 3.63. The second-order valence-electron chi connectivity index (χ2n) is 8.00. The lowest BCUT2D eigenvalue weighted by atomic mass is 9.96. The number of carbonyl (C=O) groups excluding carboxylic acids is 1. The third-order valence-electron chi connectivity index (χ3n) is 5.72. The van der Waals surface area contributed by atoms with Gasteiger partial charge in [-0.3, -0.25) is 14.4 Å². The van der Waals surface area contributed by atoms with Crippen molar-refractivity contribution < 1.29 is 18.0 Å². The van der Waals surface area contributed by atoms with Crippen molar-refractivity contribution in [2.75, 3.05) is 0 Å². The van der Waals surface area contributed by atoms with Crippen molar-refractivity contribution in [1.82, 2.24) is 19.9 Å². The van der Waals surface area contributed by atoms with Gasteiger partial charge in [0.2, 0.25) is 5.82 Å². The molecule has 6 rings (SSSR count). The van der Waals surface area contributed by atoms with Gasteiger partial charge in [0.25, 0.3) is 5.91 Å². The Kier molecular flexibility index (Phi) is 3.93. The molecule has 2 aromatic heterocycles. The molecule has 1 saturated carbocycles. The number of alkyl halides is 3. The summed E-state index contributed by atoms with van der Waals surface area (Å²) in [4.78, 5) is 25.9. The van der Waals surface area contributed by atoms with Crippen molar-refractivity contribution >= 4 is 34.0 Å². The maximum atomic E-state index is 13.4. The SMILES string of the molecule is O=C(NC1CC1)c1nc2ccc(C(F)(F)F)nc2n1-c1cccc2c1C1=CC=CCC1=N2. The summed E-state index contributed by atoms with van der Waals surface area (Å²) < 4.78 is 41.7. The van der Waals surface area contributed by atoms with E-state index in [0.717, 1.165) is 35.8 Å². The molecule has 3 heterocycles. The Hall–Kier alpha value is -3.75. The topological polar surface area (TPSA) is 72.2 Å².